The monoisotopic (exact) mass is 356 g/mol. The molecule has 3 rings (SSSR count). The zero-order chi connectivity index (χ0) is 18.5. The molecule has 26 heavy (non-hydrogen) atoms. The molecule has 1 unspecified atom stereocenters. The minimum absolute atomic E-state index is 0.0143. The predicted octanol–water partition coefficient (Wildman–Crippen LogP) is 3.67. The van der Waals surface area contributed by atoms with E-state index in [1.54, 1.807) is 17.0 Å². The summed E-state index contributed by atoms with van der Waals surface area (Å²) in [4.78, 5) is 41.6. The van der Waals surface area contributed by atoms with Gasteiger partial charge in [-0.1, -0.05) is 50.8 Å². The Morgan fingerprint density at radius 3 is 2.35 bits per heavy atom. The molecule has 1 aromatic carbocycles. The quantitative estimate of drug-likeness (QED) is 0.597. The van der Waals surface area contributed by atoms with E-state index >= 15 is 0 Å². The van der Waals surface area contributed by atoms with Crippen LogP contribution in [0, 0.1) is 0 Å². The second-order valence-corrected chi connectivity index (χ2v) is 7.32. The van der Waals surface area contributed by atoms with Crippen molar-refractivity contribution in [2.24, 2.45) is 0 Å². The average molecular weight is 356 g/mol. The van der Waals surface area contributed by atoms with Crippen LogP contribution in [0.15, 0.2) is 30.3 Å². The van der Waals surface area contributed by atoms with Crippen LogP contribution < -0.4 is 4.90 Å². The molecule has 0 radical (unpaired) electrons. The second-order valence-electron chi connectivity index (χ2n) is 7.32. The Morgan fingerprint density at radius 2 is 1.73 bits per heavy atom. The number of para-hydroxylation sites is 1. The second kappa shape index (κ2) is 8.47. The number of carbonyl (C=O) groups excluding carboxylic acids is 3. The van der Waals surface area contributed by atoms with Gasteiger partial charge in [0, 0.05) is 12.5 Å². The highest BCUT2D eigenvalue weighted by atomic mass is 16.2. The van der Waals surface area contributed by atoms with Crippen LogP contribution in [0.5, 0.6) is 0 Å². The Bertz CT molecular complexity index is 650. The number of amides is 3. The van der Waals surface area contributed by atoms with Crippen LogP contribution in [0.3, 0.4) is 0 Å². The summed E-state index contributed by atoms with van der Waals surface area (Å²) in [6.45, 7) is 1.97. The van der Waals surface area contributed by atoms with Gasteiger partial charge < -0.3 is 4.90 Å². The number of benzene rings is 1. The lowest BCUT2D eigenvalue weighted by molar-refractivity contribution is -0.141. The van der Waals surface area contributed by atoms with Gasteiger partial charge in [-0.15, -0.1) is 0 Å². The van der Waals surface area contributed by atoms with Crippen molar-refractivity contribution in [3.63, 3.8) is 0 Å². The molecule has 0 bridgehead atoms. The maximum absolute atomic E-state index is 13.1. The van der Waals surface area contributed by atoms with Gasteiger partial charge in [0.1, 0.15) is 6.04 Å². The predicted molar refractivity (Wildman–Crippen MR) is 101 cm³/mol. The number of rotatable bonds is 5. The number of hydrogen-bond donors (Lipinski definition) is 0. The first kappa shape index (κ1) is 18.6. The van der Waals surface area contributed by atoms with E-state index in [1.807, 2.05) is 25.1 Å². The van der Waals surface area contributed by atoms with Crippen LogP contribution in [-0.4, -0.2) is 34.7 Å². The molecule has 2 fully saturated rings. The molecule has 2 aliphatic rings. The molecule has 5 nitrogen and oxygen atoms in total. The van der Waals surface area contributed by atoms with Gasteiger partial charge in [0.2, 0.25) is 11.8 Å². The zero-order valence-corrected chi connectivity index (χ0v) is 15.5. The lowest BCUT2D eigenvalue weighted by atomic mass is 10.0. The molecule has 1 saturated heterocycles. The molecule has 0 N–H and O–H groups in total. The lowest BCUT2D eigenvalue weighted by Gasteiger charge is -2.35. The molecule has 0 spiro atoms. The van der Waals surface area contributed by atoms with Gasteiger partial charge in [0.15, 0.2) is 0 Å². The van der Waals surface area contributed by atoms with Crippen LogP contribution in [-0.2, 0) is 14.4 Å². The fraction of sp³-hybridized carbons (Fsp3) is 0.571. The Labute approximate surface area is 155 Å². The summed E-state index contributed by atoms with van der Waals surface area (Å²) < 4.78 is 0. The highest BCUT2D eigenvalue weighted by molar-refractivity contribution is 6.23. The van der Waals surface area contributed by atoms with Crippen LogP contribution in [0.2, 0.25) is 0 Å². The molecule has 1 heterocycles. The maximum Gasteiger partial charge on any atom is 0.257 e. The molecule has 0 aromatic heterocycles. The summed E-state index contributed by atoms with van der Waals surface area (Å²) >= 11 is 0. The summed E-state index contributed by atoms with van der Waals surface area (Å²) in [5.41, 5.74) is 0.591. The van der Waals surface area contributed by atoms with E-state index in [-0.39, 0.29) is 30.2 Å². The van der Waals surface area contributed by atoms with Gasteiger partial charge in [-0.2, -0.15) is 0 Å². The fourth-order valence-corrected chi connectivity index (χ4v) is 4.19. The van der Waals surface area contributed by atoms with Crippen molar-refractivity contribution in [2.45, 2.75) is 76.8 Å². The maximum atomic E-state index is 13.1. The molecule has 1 atom stereocenters. The summed E-state index contributed by atoms with van der Waals surface area (Å²) in [5.74, 6) is -0.454. The Hall–Kier alpha value is -2.17. The number of carbonyl (C=O) groups is 3. The average Bonchev–Trinajstić information content (AvgIpc) is 2.82. The fourth-order valence-electron chi connectivity index (χ4n) is 4.19. The van der Waals surface area contributed by atoms with Gasteiger partial charge >= 0.3 is 0 Å². The van der Waals surface area contributed by atoms with Gasteiger partial charge in [-0.05, 0) is 31.4 Å². The minimum Gasteiger partial charge on any atom is -0.327 e. The summed E-state index contributed by atoms with van der Waals surface area (Å²) in [6, 6.07) is 8.45. The van der Waals surface area contributed by atoms with E-state index in [2.05, 4.69) is 0 Å². The molecular weight excluding hydrogens is 328 g/mol. The standard InChI is InChI=1S/C21H28N2O3/c1-2-10-19(24)22(16-11-6-3-4-7-12-16)18-15-20(25)23(21(18)26)17-13-8-5-9-14-17/h5,8-9,13-14,16,18H,2-4,6-7,10-12,15H2,1H3. The molecular formula is C21H28N2O3. The first-order valence-corrected chi connectivity index (χ1v) is 9.86. The molecule has 1 aliphatic heterocycles. The minimum atomic E-state index is -0.648. The third-order valence-electron chi connectivity index (χ3n) is 5.44. The third kappa shape index (κ3) is 3.81. The molecule has 1 saturated carbocycles. The van der Waals surface area contributed by atoms with Crippen molar-refractivity contribution in [3.8, 4) is 0 Å². The van der Waals surface area contributed by atoms with Crippen molar-refractivity contribution in [1.29, 1.82) is 0 Å². The van der Waals surface area contributed by atoms with Gasteiger partial charge in [-0.3, -0.25) is 14.4 Å². The number of hydrogen-bond acceptors (Lipinski definition) is 3. The van der Waals surface area contributed by atoms with Gasteiger partial charge in [0.25, 0.3) is 5.91 Å². The summed E-state index contributed by atoms with van der Waals surface area (Å²) in [6.07, 6.45) is 7.66. The first-order chi connectivity index (χ1) is 12.6. The molecule has 1 aromatic rings. The van der Waals surface area contributed by atoms with E-state index in [0.29, 0.717) is 12.1 Å². The van der Waals surface area contributed by atoms with Crippen molar-refractivity contribution in [3.05, 3.63) is 30.3 Å². The highest BCUT2D eigenvalue weighted by Crippen LogP contribution is 2.31. The Kier molecular flexibility index (Phi) is 6.07. The molecule has 1 aliphatic carbocycles. The van der Waals surface area contributed by atoms with Crippen molar-refractivity contribution in [2.75, 3.05) is 4.90 Å². The van der Waals surface area contributed by atoms with E-state index < -0.39 is 6.04 Å². The smallest absolute Gasteiger partial charge is 0.257 e. The number of anilines is 1. The largest absolute Gasteiger partial charge is 0.327 e. The van der Waals surface area contributed by atoms with E-state index in [9.17, 15) is 14.4 Å². The van der Waals surface area contributed by atoms with Crippen LogP contribution in [0.1, 0.15) is 64.7 Å². The third-order valence-corrected chi connectivity index (χ3v) is 5.44. The van der Waals surface area contributed by atoms with Crippen LogP contribution in [0.4, 0.5) is 5.69 Å². The van der Waals surface area contributed by atoms with Crippen LogP contribution in [0.25, 0.3) is 0 Å². The normalized spacial score (nSPS) is 21.7. The summed E-state index contributed by atoms with van der Waals surface area (Å²) in [7, 11) is 0. The van der Waals surface area contributed by atoms with E-state index in [4.69, 9.17) is 0 Å². The van der Waals surface area contributed by atoms with E-state index in [1.165, 1.54) is 17.7 Å². The number of nitrogens with zero attached hydrogens (tertiary/aromatic N) is 2. The first-order valence-electron chi connectivity index (χ1n) is 9.86. The van der Waals surface area contributed by atoms with Gasteiger partial charge in [0.05, 0.1) is 12.1 Å². The topological polar surface area (TPSA) is 57.7 Å². The van der Waals surface area contributed by atoms with Crippen LogP contribution >= 0.6 is 0 Å². The molecule has 3 amide bonds. The lowest BCUT2D eigenvalue weighted by Crippen LogP contribution is -2.50. The Morgan fingerprint density at radius 1 is 1.08 bits per heavy atom. The van der Waals surface area contributed by atoms with Crippen molar-refractivity contribution >= 4 is 23.4 Å². The van der Waals surface area contributed by atoms with Crippen molar-refractivity contribution in [1.82, 2.24) is 4.90 Å². The SMILES string of the molecule is CCCC(=O)N(C1CCCCCC1)C1CC(=O)N(c2ccccc2)C1=O. The number of imide groups is 1. The Balaban J connectivity index is 1.87. The molecule has 5 heteroatoms. The molecule has 140 valence electrons. The zero-order valence-electron chi connectivity index (χ0n) is 15.5. The summed E-state index contributed by atoms with van der Waals surface area (Å²) in [5, 5.41) is 0. The van der Waals surface area contributed by atoms with E-state index in [0.717, 1.165) is 32.1 Å². The highest BCUT2D eigenvalue weighted by Gasteiger charge is 2.46. The van der Waals surface area contributed by atoms with Gasteiger partial charge in [-0.25, -0.2) is 4.90 Å². The van der Waals surface area contributed by atoms with Crippen molar-refractivity contribution < 1.29 is 14.4 Å².